The molecule has 1 rings (SSSR count). The topological polar surface area (TPSA) is 133 Å². The molecular weight excluding hydrogens is 316 g/mol. The lowest BCUT2D eigenvalue weighted by Crippen LogP contribution is -2.30. The van der Waals surface area contributed by atoms with Crippen LogP contribution in [0, 0.1) is 10.1 Å². The standard InChI is InChI=1S/C8H11ClN4O6S/c1-19-3-2-10-7(14)5-12-4-6(20(9,17)18)8(11-12)13(15)16/h4H,2-3,5H2,1H3,(H,10,14). The summed E-state index contributed by atoms with van der Waals surface area (Å²) in [6.45, 7) is 0.169. The van der Waals surface area contributed by atoms with Crippen LogP contribution in [0.4, 0.5) is 5.82 Å². The number of carbonyl (C=O) groups excluding carboxylic acids is 1. The smallest absolute Gasteiger partial charge is 0.383 e. The van der Waals surface area contributed by atoms with E-state index < -0.39 is 30.6 Å². The van der Waals surface area contributed by atoms with Crippen LogP contribution in [0.1, 0.15) is 0 Å². The van der Waals surface area contributed by atoms with Crippen molar-refractivity contribution in [1.29, 1.82) is 0 Å². The molecule has 20 heavy (non-hydrogen) atoms. The molecule has 0 aliphatic carbocycles. The highest BCUT2D eigenvalue weighted by Gasteiger charge is 2.30. The maximum absolute atomic E-state index is 11.4. The summed E-state index contributed by atoms with van der Waals surface area (Å²) < 4.78 is 27.9. The minimum Gasteiger partial charge on any atom is -0.383 e. The molecule has 1 aromatic rings. The van der Waals surface area contributed by atoms with E-state index in [9.17, 15) is 23.3 Å². The molecule has 1 N–H and O–H groups in total. The van der Waals surface area contributed by atoms with E-state index in [4.69, 9.17) is 15.4 Å². The van der Waals surface area contributed by atoms with Gasteiger partial charge >= 0.3 is 5.82 Å². The molecule has 0 radical (unpaired) electrons. The summed E-state index contributed by atoms with van der Waals surface area (Å²) in [6.07, 6.45) is 0.830. The van der Waals surface area contributed by atoms with Gasteiger partial charge in [0.2, 0.25) is 10.8 Å². The van der Waals surface area contributed by atoms with Gasteiger partial charge in [0.05, 0.1) is 17.9 Å². The van der Waals surface area contributed by atoms with E-state index in [0.29, 0.717) is 6.61 Å². The Hall–Kier alpha value is -1.72. The molecule has 1 heterocycles. The molecule has 112 valence electrons. The van der Waals surface area contributed by atoms with E-state index in [-0.39, 0.29) is 13.1 Å². The van der Waals surface area contributed by atoms with Crippen molar-refractivity contribution < 1.29 is 22.9 Å². The number of aromatic nitrogens is 2. The summed E-state index contributed by atoms with van der Waals surface area (Å²) in [4.78, 5) is 20.4. The predicted molar refractivity (Wildman–Crippen MR) is 66.8 cm³/mol. The molecular formula is C8H11ClN4O6S. The van der Waals surface area contributed by atoms with Crippen molar-refractivity contribution in [3.8, 4) is 0 Å². The van der Waals surface area contributed by atoms with E-state index in [2.05, 4.69) is 10.4 Å². The van der Waals surface area contributed by atoms with Crippen LogP contribution in [0.5, 0.6) is 0 Å². The molecule has 0 spiro atoms. The van der Waals surface area contributed by atoms with E-state index in [1.54, 1.807) is 0 Å². The first-order chi connectivity index (χ1) is 9.25. The molecule has 12 heteroatoms. The Bertz CT molecular complexity index is 612. The lowest BCUT2D eigenvalue weighted by Gasteiger charge is -2.02. The van der Waals surface area contributed by atoms with Gasteiger partial charge in [-0.15, -0.1) is 0 Å². The zero-order chi connectivity index (χ0) is 15.3. The number of hydrogen-bond donors (Lipinski definition) is 1. The van der Waals surface area contributed by atoms with Crippen molar-refractivity contribution >= 4 is 31.5 Å². The monoisotopic (exact) mass is 326 g/mol. The van der Waals surface area contributed by atoms with Crippen molar-refractivity contribution in [2.24, 2.45) is 0 Å². The van der Waals surface area contributed by atoms with Crippen LogP contribution >= 0.6 is 10.7 Å². The van der Waals surface area contributed by atoms with Gasteiger partial charge in [0.1, 0.15) is 6.54 Å². The van der Waals surface area contributed by atoms with E-state index in [1.165, 1.54) is 7.11 Å². The lowest BCUT2D eigenvalue weighted by atomic mass is 10.5. The van der Waals surface area contributed by atoms with Gasteiger partial charge in [0, 0.05) is 24.3 Å². The quantitative estimate of drug-likeness (QED) is 0.308. The predicted octanol–water partition coefficient (Wildman–Crippen LogP) is -0.519. The first-order valence-electron chi connectivity index (χ1n) is 5.18. The van der Waals surface area contributed by atoms with Crippen molar-refractivity contribution in [2.75, 3.05) is 20.3 Å². The van der Waals surface area contributed by atoms with Crippen LogP contribution in [0.2, 0.25) is 0 Å². The number of carbonyl (C=O) groups is 1. The first-order valence-corrected chi connectivity index (χ1v) is 7.48. The number of rotatable bonds is 7. The molecule has 0 aliphatic heterocycles. The van der Waals surface area contributed by atoms with Gasteiger partial charge in [-0.25, -0.2) is 8.42 Å². The Morgan fingerprint density at radius 2 is 2.30 bits per heavy atom. The number of halogens is 1. The van der Waals surface area contributed by atoms with Crippen LogP contribution in [-0.2, 0) is 25.1 Å². The second kappa shape index (κ2) is 6.63. The summed E-state index contributed by atoms with van der Waals surface area (Å²) in [5, 5.41) is 16.5. The number of methoxy groups -OCH3 is 1. The number of nitro groups is 1. The van der Waals surface area contributed by atoms with Crippen LogP contribution in [0.25, 0.3) is 0 Å². The van der Waals surface area contributed by atoms with Gasteiger partial charge in [-0.2, -0.15) is 4.68 Å². The molecule has 0 aromatic carbocycles. The van der Waals surface area contributed by atoms with Gasteiger partial charge < -0.3 is 20.2 Å². The molecule has 10 nitrogen and oxygen atoms in total. The average molecular weight is 327 g/mol. The number of nitrogens with one attached hydrogen (secondary N) is 1. The van der Waals surface area contributed by atoms with E-state index >= 15 is 0 Å². The van der Waals surface area contributed by atoms with Crippen molar-refractivity contribution in [3.63, 3.8) is 0 Å². The second-order valence-electron chi connectivity index (χ2n) is 3.55. The number of hydrogen-bond acceptors (Lipinski definition) is 7. The highest BCUT2D eigenvalue weighted by Crippen LogP contribution is 2.24. The Labute approximate surface area is 118 Å². The molecule has 1 amide bonds. The van der Waals surface area contributed by atoms with Crippen molar-refractivity contribution in [2.45, 2.75) is 11.4 Å². The zero-order valence-electron chi connectivity index (χ0n) is 10.3. The minimum absolute atomic E-state index is 0.249. The zero-order valence-corrected chi connectivity index (χ0v) is 11.8. The number of ether oxygens (including phenoxy) is 1. The molecule has 0 bridgehead atoms. The van der Waals surface area contributed by atoms with E-state index in [0.717, 1.165) is 10.9 Å². The van der Waals surface area contributed by atoms with Crippen LogP contribution in [0.3, 0.4) is 0 Å². The largest absolute Gasteiger partial charge is 0.410 e. The molecule has 0 fully saturated rings. The van der Waals surface area contributed by atoms with Crippen LogP contribution in [-0.4, -0.2) is 49.3 Å². The summed E-state index contributed by atoms with van der Waals surface area (Å²) >= 11 is 0. The normalized spacial score (nSPS) is 11.3. The van der Waals surface area contributed by atoms with Crippen molar-refractivity contribution in [1.82, 2.24) is 15.1 Å². The third-order valence-electron chi connectivity index (χ3n) is 2.08. The van der Waals surface area contributed by atoms with Crippen LogP contribution < -0.4 is 5.32 Å². The molecule has 1 aromatic heterocycles. The van der Waals surface area contributed by atoms with Gasteiger partial charge in [-0.3, -0.25) is 4.79 Å². The minimum atomic E-state index is -4.32. The molecule has 0 saturated carbocycles. The van der Waals surface area contributed by atoms with Gasteiger partial charge in [0.25, 0.3) is 9.05 Å². The van der Waals surface area contributed by atoms with Gasteiger partial charge in [-0.05, 0) is 4.92 Å². The molecule has 0 unspecified atom stereocenters. The Balaban J connectivity index is 2.88. The molecule has 0 atom stereocenters. The number of amides is 1. The van der Waals surface area contributed by atoms with E-state index in [1.807, 2.05) is 0 Å². The first kappa shape index (κ1) is 16.3. The third-order valence-corrected chi connectivity index (χ3v) is 3.39. The summed E-state index contributed by atoms with van der Waals surface area (Å²) in [6, 6.07) is 0. The van der Waals surface area contributed by atoms with Crippen LogP contribution in [0.15, 0.2) is 11.1 Å². The highest BCUT2D eigenvalue weighted by atomic mass is 35.7. The third kappa shape index (κ3) is 4.43. The fourth-order valence-corrected chi connectivity index (χ4v) is 2.18. The SMILES string of the molecule is COCCNC(=O)Cn1cc(S(=O)(=O)Cl)c([N+](=O)[O-])n1. The molecule has 0 saturated heterocycles. The maximum atomic E-state index is 11.4. The fourth-order valence-electron chi connectivity index (χ4n) is 1.27. The Morgan fingerprint density at radius 3 is 2.75 bits per heavy atom. The Morgan fingerprint density at radius 1 is 1.65 bits per heavy atom. The lowest BCUT2D eigenvalue weighted by molar-refractivity contribution is -0.392. The fraction of sp³-hybridized carbons (Fsp3) is 0.500. The maximum Gasteiger partial charge on any atom is 0.410 e. The summed E-state index contributed by atoms with van der Waals surface area (Å²) in [7, 11) is 2.20. The second-order valence-corrected chi connectivity index (χ2v) is 6.09. The summed E-state index contributed by atoms with van der Waals surface area (Å²) in [5.41, 5.74) is 0. The van der Waals surface area contributed by atoms with Crippen molar-refractivity contribution in [3.05, 3.63) is 16.3 Å². The average Bonchev–Trinajstić information content (AvgIpc) is 2.73. The van der Waals surface area contributed by atoms with Gasteiger partial charge in [-0.1, -0.05) is 0 Å². The Kier molecular flexibility index (Phi) is 5.42. The molecule has 0 aliphatic rings. The van der Waals surface area contributed by atoms with Gasteiger partial charge in [0.15, 0.2) is 0 Å². The highest BCUT2D eigenvalue weighted by molar-refractivity contribution is 8.13. The number of nitrogens with zero attached hydrogens (tertiary/aromatic N) is 3. The summed E-state index contributed by atoms with van der Waals surface area (Å²) in [5.74, 6) is -1.43.